The van der Waals surface area contributed by atoms with Crippen LogP contribution in [0.2, 0.25) is 0 Å². The summed E-state index contributed by atoms with van der Waals surface area (Å²) < 4.78 is 4.66. The van der Waals surface area contributed by atoms with Gasteiger partial charge in [-0.1, -0.05) is 21.9 Å². The quantitative estimate of drug-likeness (QED) is 0.323. The van der Waals surface area contributed by atoms with Crippen molar-refractivity contribution in [3.05, 3.63) is 0 Å². The van der Waals surface area contributed by atoms with Gasteiger partial charge in [0.1, 0.15) is 12.1 Å². The molecule has 0 aliphatic heterocycles. The van der Waals surface area contributed by atoms with Gasteiger partial charge in [-0.15, -0.1) is 6.42 Å². The third-order valence-corrected chi connectivity index (χ3v) is 0.586. The second kappa shape index (κ2) is 5.00. The molecule has 2 heteroatoms. The maximum Gasteiger partial charge on any atom is 0.108 e. The van der Waals surface area contributed by atoms with Crippen molar-refractivity contribution in [3.8, 4) is 12.3 Å². The Kier molecular flexibility index (Phi) is 5.00. The summed E-state index contributed by atoms with van der Waals surface area (Å²) in [7, 11) is 0. The molecular formula is C4H5BrO. The van der Waals surface area contributed by atoms with Gasteiger partial charge >= 0.3 is 0 Å². The zero-order valence-electron chi connectivity index (χ0n) is 3.28. The molecule has 0 aliphatic carbocycles. The number of halogens is 1. The van der Waals surface area contributed by atoms with E-state index in [2.05, 4.69) is 26.6 Å². The Morgan fingerprint density at radius 3 is 2.67 bits per heavy atom. The minimum Gasteiger partial charge on any atom is -0.358 e. The highest BCUT2D eigenvalue weighted by atomic mass is 79.9. The van der Waals surface area contributed by atoms with Crippen LogP contribution in [0, 0.1) is 12.3 Å². The summed E-state index contributed by atoms with van der Waals surface area (Å²) in [5, 5.41) is 0. The van der Waals surface area contributed by atoms with E-state index in [9.17, 15) is 0 Å². The minimum absolute atomic E-state index is 0.394. The summed E-state index contributed by atoms with van der Waals surface area (Å²) in [6.45, 7) is 0.394. The number of alkyl halides is 1. The van der Waals surface area contributed by atoms with E-state index in [-0.39, 0.29) is 0 Å². The van der Waals surface area contributed by atoms with Crippen molar-refractivity contribution in [1.29, 1.82) is 0 Å². The maximum absolute atomic E-state index is 4.82. The number of ether oxygens (including phenoxy) is 1. The van der Waals surface area contributed by atoms with Gasteiger partial charge in [-0.2, -0.15) is 0 Å². The highest BCUT2D eigenvalue weighted by Crippen LogP contribution is 1.78. The van der Waals surface area contributed by atoms with Gasteiger partial charge in [0, 0.05) is 0 Å². The van der Waals surface area contributed by atoms with Gasteiger partial charge in [-0.3, -0.25) is 0 Å². The number of terminal acetylenes is 1. The van der Waals surface area contributed by atoms with E-state index in [0.29, 0.717) is 12.1 Å². The summed E-state index contributed by atoms with van der Waals surface area (Å²) in [5.41, 5.74) is 0.525. The minimum atomic E-state index is 0.394. The van der Waals surface area contributed by atoms with E-state index >= 15 is 0 Å². The van der Waals surface area contributed by atoms with Crippen molar-refractivity contribution in [2.75, 3.05) is 12.1 Å². The highest BCUT2D eigenvalue weighted by Gasteiger charge is 1.69. The zero-order chi connectivity index (χ0) is 4.83. The summed E-state index contributed by atoms with van der Waals surface area (Å²) in [6.07, 6.45) is 4.82. The largest absolute Gasteiger partial charge is 0.358 e. The number of hydrogen-bond donors (Lipinski definition) is 0. The SMILES string of the molecule is C#CCOCBr. The van der Waals surface area contributed by atoms with Crippen LogP contribution in [-0.2, 0) is 4.74 Å². The molecule has 0 atom stereocenters. The Bertz CT molecular complexity index is 55.1. The third kappa shape index (κ3) is 4.00. The molecule has 34 valence electrons. The summed E-state index contributed by atoms with van der Waals surface area (Å²) in [5.74, 6) is 2.32. The maximum atomic E-state index is 4.82. The first-order valence-electron chi connectivity index (χ1n) is 1.49. The van der Waals surface area contributed by atoms with Crippen LogP contribution in [0.5, 0.6) is 0 Å². The molecule has 0 spiro atoms. The molecule has 0 aromatic carbocycles. The van der Waals surface area contributed by atoms with Gasteiger partial charge in [0.05, 0.1) is 0 Å². The second-order valence-electron chi connectivity index (χ2n) is 0.662. The lowest BCUT2D eigenvalue weighted by Gasteiger charge is -1.84. The Labute approximate surface area is 45.8 Å². The zero-order valence-corrected chi connectivity index (χ0v) is 4.86. The monoisotopic (exact) mass is 148 g/mol. The van der Waals surface area contributed by atoms with Gasteiger partial charge in [0.15, 0.2) is 0 Å². The average molecular weight is 149 g/mol. The third-order valence-electron chi connectivity index (χ3n) is 0.263. The molecule has 1 nitrogen and oxygen atoms in total. The fraction of sp³-hybridized carbons (Fsp3) is 0.500. The van der Waals surface area contributed by atoms with E-state index in [0.717, 1.165) is 0 Å². The molecule has 0 N–H and O–H groups in total. The van der Waals surface area contributed by atoms with Gasteiger partial charge in [-0.05, 0) is 0 Å². The van der Waals surface area contributed by atoms with Gasteiger partial charge in [0.2, 0.25) is 0 Å². The Morgan fingerprint density at radius 2 is 2.50 bits per heavy atom. The Hall–Kier alpha value is 0. The van der Waals surface area contributed by atoms with Crippen molar-refractivity contribution in [1.82, 2.24) is 0 Å². The molecule has 0 rings (SSSR count). The second-order valence-corrected chi connectivity index (χ2v) is 1.12. The van der Waals surface area contributed by atoms with Crippen LogP contribution in [0.4, 0.5) is 0 Å². The fourth-order valence-electron chi connectivity index (χ4n) is 0.0975. The van der Waals surface area contributed by atoms with Gasteiger partial charge in [0.25, 0.3) is 0 Å². The molecule has 0 saturated heterocycles. The first kappa shape index (κ1) is 6.00. The molecule has 0 radical (unpaired) electrons. The summed E-state index contributed by atoms with van der Waals surface area (Å²) in [4.78, 5) is 0. The first-order valence-corrected chi connectivity index (χ1v) is 2.61. The summed E-state index contributed by atoms with van der Waals surface area (Å²) >= 11 is 3.03. The average Bonchev–Trinajstić information content (AvgIpc) is 1.61. The molecule has 0 heterocycles. The predicted octanol–water partition coefficient (Wildman–Crippen LogP) is 0.989. The molecule has 0 aromatic rings. The molecule has 0 saturated carbocycles. The van der Waals surface area contributed by atoms with E-state index in [4.69, 9.17) is 6.42 Å². The van der Waals surface area contributed by atoms with Crippen molar-refractivity contribution in [2.24, 2.45) is 0 Å². The lowest BCUT2D eigenvalue weighted by molar-refractivity contribution is 0.226. The van der Waals surface area contributed by atoms with Crippen LogP contribution in [-0.4, -0.2) is 12.1 Å². The molecule has 6 heavy (non-hydrogen) atoms. The van der Waals surface area contributed by atoms with Crippen molar-refractivity contribution < 1.29 is 4.74 Å². The molecule has 0 amide bonds. The Morgan fingerprint density at radius 1 is 1.83 bits per heavy atom. The van der Waals surface area contributed by atoms with Gasteiger partial charge < -0.3 is 4.74 Å². The van der Waals surface area contributed by atoms with Crippen LogP contribution in [0.3, 0.4) is 0 Å². The van der Waals surface area contributed by atoms with Crippen LogP contribution in [0.1, 0.15) is 0 Å². The van der Waals surface area contributed by atoms with Crippen molar-refractivity contribution in [2.45, 2.75) is 0 Å². The normalized spacial score (nSPS) is 7.33. The van der Waals surface area contributed by atoms with E-state index < -0.39 is 0 Å². The molecular weight excluding hydrogens is 144 g/mol. The molecule has 0 aromatic heterocycles. The Balaban J connectivity index is 2.54. The van der Waals surface area contributed by atoms with E-state index in [1.54, 1.807) is 0 Å². The number of rotatable bonds is 2. The molecule has 0 aliphatic rings. The van der Waals surface area contributed by atoms with Crippen molar-refractivity contribution >= 4 is 15.9 Å². The van der Waals surface area contributed by atoms with Crippen LogP contribution >= 0.6 is 15.9 Å². The molecule has 0 bridgehead atoms. The van der Waals surface area contributed by atoms with Gasteiger partial charge in [-0.25, -0.2) is 0 Å². The van der Waals surface area contributed by atoms with Crippen LogP contribution in [0.25, 0.3) is 0 Å². The smallest absolute Gasteiger partial charge is 0.108 e. The fourth-order valence-corrected chi connectivity index (χ4v) is 0.259. The van der Waals surface area contributed by atoms with Crippen LogP contribution in [0.15, 0.2) is 0 Å². The van der Waals surface area contributed by atoms with Crippen molar-refractivity contribution in [3.63, 3.8) is 0 Å². The lowest BCUT2D eigenvalue weighted by Crippen LogP contribution is -1.83. The topological polar surface area (TPSA) is 9.23 Å². The molecule has 0 unspecified atom stereocenters. The van der Waals surface area contributed by atoms with Crippen LogP contribution < -0.4 is 0 Å². The molecule has 0 fully saturated rings. The highest BCUT2D eigenvalue weighted by molar-refractivity contribution is 9.09. The lowest BCUT2D eigenvalue weighted by atomic mass is 10.8. The standard InChI is InChI=1S/C4H5BrO/c1-2-3-6-4-5/h1H,3-4H2. The first-order chi connectivity index (χ1) is 2.91. The van der Waals surface area contributed by atoms with E-state index in [1.165, 1.54) is 0 Å². The number of hydrogen-bond acceptors (Lipinski definition) is 1. The summed E-state index contributed by atoms with van der Waals surface area (Å²) in [6, 6.07) is 0. The predicted molar refractivity (Wildman–Crippen MR) is 28.6 cm³/mol. The van der Waals surface area contributed by atoms with E-state index in [1.807, 2.05) is 0 Å².